The molecule has 0 saturated heterocycles. The van der Waals surface area contributed by atoms with Gasteiger partial charge in [0.05, 0.1) is 5.69 Å². The summed E-state index contributed by atoms with van der Waals surface area (Å²) in [5.74, 6) is 0.440. The Bertz CT molecular complexity index is 1570. The van der Waals surface area contributed by atoms with E-state index >= 15 is 0 Å². The monoisotopic (exact) mass is 447 g/mol. The fourth-order valence-corrected chi connectivity index (χ4v) is 6.92. The molecule has 1 aromatic heterocycles. The van der Waals surface area contributed by atoms with E-state index < -0.39 is 0 Å². The maximum Gasteiger partial charge on any atom is 0.0803 e. The van der Waals surface area contributed by atoms with Crippen LogP contribution in [0.5, 0.6) is 0 Å². The summed E-state index contributed by atoms with van der Waals surface area (Å²) in [5, 5.41) is 8.02. The van der Waals surface area contributed by atoms with Crippen molar-refractivity contribution in [2.24, 2.45) is 5.41 Å². The van der Waals surface area contributed by atoms with Crippen LogP contribution >= 0.6 is 11.8 Å². The van der Waals surface area contributed by atoms with E-state index in [2.05, 4.69) is 95.3 Å². The number of fused-ring (bicyclic) bond motifs is 5. The van der Waals surface area contributed by atoms with Crippen molar-refractivity contribution in [2.45, 2.75) is 56.7 Å². The predicted octanol–water partition coefficient (Wildman–Crippen LogP) is 9.38. The quantitative estimate of drug-likeness (QED) is 0.245. The van der Waals surface area contributed by atoms with E-state index in [0.717, 1.165) is 12.1 Å². The number of pyridine rings is 1. The van der Waals surface area contributed by atoms with Gasteiger partial charge in [-0.3, -0.25) is 4.98 Å². The van der Waals surface area contributed by atoms with Crippen LogP contribution in [0.15, 0.2) is 76.7 Å². The zero-order valence-corrected chi connectivity index (χ0v) is 20.8. The molecule has 0 bridgehead atoms. The van der Waals surface area contributed by atoms with E-state index in [-0.39, 0.29) is 5.41 Å². The summed E-state index contributed by atoms with van der Waals surface area (Å²) in [6.07, 6.45) is 3.07. The van der Waals surface area contributed by atoms with Crippen molar-refractivity contribution < 1.29 is 0 Å². The number of rotatable bonds is 2. The third-order valence-electron chi connectivity index (χ3n) is 6.76. The van der Waals surface area contributed by atoms with Crippen LogP contribution in [-0.4, -0.2) is 4.98 Å². The molecule has 0 amide bonds. The predicted molar refractivity (Wildman–Crippen MR) is 144 cm³/mol. The van der Waals surface area contributed by atoms with Crippen LogP contribution in [-0.2, 0) is 6.42 Å². The first kappa shape index (κ1) is 20.7. The van der Waals surface area contributed by atoms with Gasteiger partial charge in [-0.05, 0) is 74.0 Å². The Morgan fingerprint density at radius 3 is 2.42 bits per heavy atom. The van der Waals surface area contributed by atoms with Gasteiger partial charge < -0.3 is 0 Å². The van der Waals surface area contributed by atoms with Crippen molar-refractivity contribution in [1.29, 1.82) is 0 Å². The molecule has 2 heterocycles. The first-order valence-corrected chi connectivity index (χ1v) is 12.7. The lowest BCUT2D eigenvalue weighted by atomic mass is 9.85. The SMILES string of the molecule is CC(C)c1c2c(cc3ccccc13)-c1nccc3c1c(cc1c(CC(C)(C)C)cccc13)S2. The Labute approximate surface area is 200 Å². The minimum Gasteiger partial charge on any atom is -0.256 e. The van der Waals surface area contributed by atoms with Gasteiger partial charge in [0.25, 0.3) is 0 Å². The molecule has 5 aromatic rings. The standard InChI is InChI=1S/C31H29NS/c1-18(2)27-21-11-7-6-9-19(21)15-25-29-28-23(13-14-32-29)22-12-8-10-20(17-31(3,4)5)24(22)16-26(28)33-30(25)27/h6-16,18H,17H2,1-5H3. The summed E-state index contributed by atoms with van der Waals surface area (Å²) >= 11 is 1.95. The summed E-state index contributed by atoms with van der Waals surface area (Å²) < 4.78 is 0. The second kappa shape index (κ2) is 7.33. The molecule has 0 radical (unpaired) electrons. The average molecular weight is 448 g/mol. The third-order valence-corrected chi connectivity index (χ3v) is 7.95. The molecule has 0 fully saturated rings. The highest BCUT2D eigenvalue weighted by atomic mass is 32.2. The Kier molecular flexibility index (Phi) is 4.61. The lowest BCUT2D eigenvalue weighted by Crippen LogP contribution is -2.09. The number of benzene rings is 4. The van der Waals surface area contributed by atoms with Gasteiger partial charge in [-0.15, -0.1) is 0 Å². The molecule has 0 N–H and O–H groups in total. The highest BCUT2D eigenvalue weighted by Crippen LogP contribution is 2.53. The molecule has 33 heavy (non-hydrogen) atoms. The molecule has 0 spiro atoms. The Balaban J connectivity index is 1.72. The van der Waals surface area contributed by atoms with Crippen molar-refractivity contribution in [3.8, 4) is 11.3 Å². The van der Waals surface area contributed by atoms with Crippen molar-refractivity contribution in [3.05, 3.63) is 78.0 Å². The zero-order valence-electron chi connectivity index (χ0n) is 20.0. The van der Waals surface area contributed by atoms with Crippen molar-refractivity contribution >= 4 is 44.1 Å². The number of hydrogen-bond acceptors (Lipinski definition) is 2. The largest absolute Gasteiger partial charge is 0.256 e. The Hall–Kier alpha value is -2.84. The van der Waals surface area contributed by atoms with Gasteiger partial charge in [-0.2, -0.15) is 0 Å². The molecule has 6 rings (SSSR count). The Morgan fingerprint density at radius 1 is 0.848 bits per heavy atom. The van der Waals surface area contributed by atoms with Crippen LogP contribution < -0.4 is 0 Å². The van der Waals surface area contributed by atoms with Crippen molar-refractivity contribution in [2.75, 3.05) is 0 Å². The summed E-state index contributed by atoms with van der Waals surface area (Å²) in [5.41, 5.74) is 5.54. The van der Waals surface area contributed by atoms with E-state index in [1.165, 1.54) is 58.8 Å². The fourth-order valence-electron chi connectivity index (χ4n) is 5.49. The summed E-state index contributed by atoms with van der Waals surface area (Å²) in [6.45, 7) is 11.6. The molecule has 0 saturated carbocycles. The summed E-state index contributed by atoms with van der Waals surface area (Å²) in [4.78, 5) is 7.68. The van der Waals surface area contributed by atoms with Crippen LogP contribution in [0.4, 0.5) is 0 Å². The first-order valence-electron chi connectivity index (χ1n) is 11.9. The van der Waals surface area contributed by atoms with E-state index in [9.17, 15) is 0 Å². The number of hydrogen-bond donors (Lipinski definition) is 0. The minimum atomic E-state index is 0.243. The lowest BCUT2D eigenvalue weighted by molar-refractivity contribution is 0.412. The molecular weight excluding hydrogens is 418 g/mol. The van der Waals surface area contributed by atoms with Gasteiger partial charge in [0.2, 0.25) is 0 Å². The Morgan fingerprint density at radius 2 is 1.64 bits per heavy atom. The molecule has 0 atom stereocenters. The normalized spacial score (nSPS) is 13.3. The molecule has 0 aliphatic carbocycles. The van der Waals surface area contributed by atoms with E-state index in [1.54, 1.807) is 0 Å². The first-order chi connectivity index (χ1) is 15.8. The molecule has 0 unspecified atom stereocenters. The molecule has 4 aromatic carbocycles. The van der Waals surface area contributed by atoms with Crippen molar-refractivity contribution in [3.63, 3.8) is 0 Å². The smallest absolute Gasteiger partial charge is 0.0803 e. The highest BCUT2D eigenvalue weighted by molar-refractivity contribution is 8.00. The minimum absolute atomic E-state index is 0.243. The number of nitrogens with zero attached hydrogens (tertiary/aromatic N) is 1. The van der Waals surface area contributed by atoms with E-state index in [1.807, 2.05) is 18.0 Å². The molecular formula is C31H29NS. The van der Waals surface area contributed by atoms with Gasteiger partial charge in [-0.1, -0.05) is 88.8 Å². The fraction of sp³-hybridized carbons (Fsp3) is 0.258. The summed E-state index contributed by atoms with van der Waals surface area (Å²) in [7, 11) is 0. The lowest BCUT2D eigenvalue weighted by Gasteiger charge is -2.26. The molecule has 164 valence electrons. The highest BCUT2D eigenvalue weighted by Gasteiger charge is 2.27. The summed E-state index contributed by atoms with van der Waals surface area (Å²) in [6, 6.07) is 22.6. The van der Waals surface area contributed by atoms with Gasteiger partial charge in [0, 0.05) is 26.9 Å². The van der Waals surface area contributed by atoms with Crippen LogP contribution in [0, 0.1) is 5.41 Å². The number of aromatic nitrogens is 1. The van der Waals surface area contributed by atoms with Crippen LogP contribution in [0.3, 0.4) is 0 Å². The van der Waals surface area contributed by atoms with Crippen LogP contribution in [0.1, 0.15) is 51.7 Å². The molecule has 1 aliphatic rings. The topological polar surface area (TPSA) is 12.9 Å². The van der Waals surface area contributed by atoms with Gasteiger partial charge in [-0.25, -0.2) is 0 Å². The van der Waals surface area contributed by atoms with Crippen LogP contribution in [0.25, 0.3) is 43.6 Å². The molecule has 1 nitrogen and oxygen atoms in total. The second-order valence-corrected chi connectivity index (χ2v) is 11.9. The zero-order chi connectivity index (χ0) is 22.9. The maximum absolute atomic E-state index is 4.96. The van der Waals surface area contributed by atoms with E-state index in [4.69, 9.17) is 4.98 Å². The van der Waals surface area contributed by atoms with Gasteiger partial charge in [0.15, 0.2) is 0 Å². The van der Waals surface area contributed by atoms with Crippen LogP contribution in [0.2, 0.25) is 0 Å². The van der Waals surface area contributed by atoms with E-state index in [0.29, 0.717) is 5.92 Å². The van der Waals surface area contributed by atoms with Crippen molar-refractivity contribution in [1.82, 2.24) is 4.98 Å². The van der Waals surface area contributed by atoms with Gasteiger partial charge in [0.1, 0.15) is 0 Å². The second-order valence-electron chi connectivity index (χ2n) is 10.9. The molecule has 2 heteroatoms. The average Bonchev–Trinajstić information content (AvgIpc) is 2.77. The van der Waals surface area contributed by atoms with Gasteiger partial charge >= 0.3 is 0 Å². The maximum atomic E-state index is 4.96. The third kappa shape index (κ3) is 3.27. The molecule has 1 aliphatic heterocycles.